The van der Waals surface area contributed by atoms with E-state index in [1.54, 1.807) is 25.3 Å². The number of amides is 1. The Kier molecular flexibility index (Phi) is 6.73. The van der Waals surface area contributed by atoms with E-state index < -0.39 is 10.0 Å². The van der Waals surface area contributed by atoms with E-state index in [-0.39, 0.29) is 17.2 Å². The average Bonchev–Trinajstić information content (AvgIpc) is 3.54. The molecular formula is C28H31N3O4S. The number of aromatic nitrogens is 1. The number of nitrogens with zero attached hydrogens (tertiary/aromatic N) is 2. The minimum Gasteiger partial charge on any atom is -0.496 e. The zero-order valence-corrected chi connectivity index (χ0v) is 21.5. The van der Waals surface area contributed by atoms with Crippen LogP contribution in [-0.2, 0) is 27.8 Å². The van der Waals surface area contributed by atoms with Gasteiger partial charge in [-0.15, -0.1) is 0 Å². The van der Waals surface area contributed by atoms with Crippen LogP contribution in [0.4, 0.5) is 5.69 Å². The van der Waals surface area contributed by atoms with Gasteiger partial charge in [0.05, 0.1) is 12.0 Å². The molecule has 1 aliphatic heterocycles. The summed E-state index contributed by atoms with van der Waals surface area (Å²) in [5.74, 6) is 0.445. The minimum absolute atomic E-state index is 0.136. The highest BCUT2D eigenvalue weighted by Crippen LogP contribution is 2.31. The molecule has 1 amide bonds. The Morgan fingerprint density at radius 3 is 2.47 bits per heavy atom. The third kappa shape index (κ3) is 4.47. The summed E-state index contributed by atoms with van der Waals surface area (Å²) in [6, 6.07) is 19.2. The number of methoxy groups -OCH3 is 1. The van der Waals surface area contributed by atoms with Crippen molar-refractivity contribution in [2.45, 2.75) is 44.0 Å². The average molecular weight is 506 g/mol. The van der Waals surface area contributed by atoms with Crippen molar-refractivity contribution in [3.05, 3.63) is 66.2 Å². The number of ether oxygens (including phenoxy) is 1. The molecule has 1 fully saturated rings. The quantitative estimate of drug-likeness (QED) is 0.358. The van der Waals surface area contributed by atoms with Gasteiger partial charge in [-0.3, -0.25) is 4.79 Å². The second-order valence-electron chi connectivity index (χ2n) is 9.13. The fraction of sp³-hybridized carbons (Fsp3) is 0.321. The lowest BCUT2D eigenvalue weighted by molar-refractivity contribution is -0.116. The van der Waals surface area contributed by atoms with Crippen molar-refractivity contribution >= 4 is 43.4 Å². The Morgan fingerprint density at radius 2 is 1.72 bits per heavy atom. The molecule has 1 aromatic heterocycles. The number of rotatable bonds is 8. The lowest BCUT2D eigenvalue weighted by atomic mass is 10.1. The number of fused-ring (bicyclic) bond motifs is 3. The van der Waals surface area contributed by atoms with Crippen LogP contribution in [0.3, 0.4) is 0 Å². The van der Waals surface area contributed by atoms with E-state index in [0.29, 0.717) is 30.8 Å². The van der Waals surface area contributed by atoms with E-state index >= 15 is 0 Å². The number of carbonyl (C=O) groups is 1. The summed E-state index contributed by atoms with van der Waals surface area (Å²) in [4.78, 5) is 13.1. The number of para-hydroxylation sites is 1. The molecule has 5 rings (SSSR count). The van der Waals surface area contributed by atoms with E-state index in [1.165, 1.54) is 9.82 Å². The van der Waals surface area contributed by atoms with Gasteiger partial charge in [0.15, 0.2) is 0 Å². The number of hydrogen-bond donors (Lipinski definition) is 1. The molecule has 2 heterocycles. The lowest BCUT2D eigenvalue weighted by Crippen LogP contribution is -2.28. The number of hydrogen-bond acceptors (Lipinski definition) is 4. The molecule has 36 heavy (non-hydrogen) atoms. The van der Waals surface area contributed by atoms with Crippen LogP contribution in [-0.4, -0.2) is 43.4 Å². The highest BCUT2D eigenvalue weighted by Gasteiger charge is 2.27. The van der Waals surface area contributed by atoms with Gasteiger partial charge in [0.1, 0.15) is 5.75 Å². The van der Waals surface area contributed by atoms with Crippen molar-refractivity contribution in [3.8, 4) is 5.75 Å². The van der Waals surface area contributed by atoms with Crippen LogP contribution in [0.5, 0.6) is 5.75 Å². The number of carbonyl (C=O) groups excluding carboxylic acids is 1. The standard InChI is InChI=1S/C28H31N3O4S/c1-3-31-25-9-5-4-8-23(25)24-19-21(11-13-26(24)31)29-28(32)15-10-20-18-22(12-14-27(20)35-2)36(33,34)30-16-6-7-17-30/h4-5,8-9,11-14,18-19H,3,6-7,10,15-17H2,1-2H3,(H,29,32). The van der Waals surface area contributed by atoms with Crippen LogP contribution in [0.1, 0.15) is 31.7 Å². The molecule has 0 saturated carbocycles. The van der Waals surface area contributed by atoms with Crippen molar-refractivity contribution in [2.24, 2.45) is 0 Å². The summed E-state index contributed by atoms with van der Waals surface area (Å²) in [6.07, 6.45) is 2.34. The third-order valence-electron chi connectivity index (χ3n) is 6.95. The van der Waals surface area contributed by atoms with E-state index in [2.05, 4.69) is 28.9 Å². The molecule has 0 spiro atoms. The van der Waals surface area contributed by atoms with Gasteiger partial charge in [0.2, 0.25) is 15.9 Å². The molecule has 1 aliphatic rings. The van der Waals surface area contributed by atoms with Gasteiger partial charge in [0.25, 0.3) is 0 Å². The number of anilines is 1. The molecule has 0 radical (unpaired) electrons. The van der Waals surface area contributed by atoms with Crippen LogP contribution in [0, 0.1) is 0 Å². The summed E-state index contributed by atoms with van der Waals surface area (Å²) in [5, 5.41) is 5.27. The Hall–Kier alpha value is -3.36. The maximum atomic E-state index is 13.0. The van der Waals surface area contributed by atoms with Gasteiger partial charge in [-0.2, -0.15) is 4.31 Å². The SMILES string of the molecule is CCn1c2ccccc2c2cc(NC(=O)CCc3cc(S(=O)(=O)N4CCCC4)ccc3OC)ccc21. The van der Waals surface area contributed by atoms with Gasteiger partial charge in [-0.05, 0) is 74.2 Å². The van der Waals surface area contributed by atoms with Crippen LogP contribution in [0.2, 0.25) is 0 Å². The minimum atomic E-state index is -3.54. The largest absolute Gasteiger partial charge is 0.496 e. The van der Waals surface area contributed by atoms with E-state index in [0.717, 1.165) is 41.4 Å². The first-order valence-corrected chi connectivity index (χ1v) is 13.8. The Bertz CT molecular complexity index is 1540. The summed E-state index contributed by atoms with van der Waals surface area (Å²) in [7, 11) is -1.99. The molecular weight excluding hydrogens is 474 g/mol. The van der Waals surface area contributed by atoms with E-state index in [4.69, 9.17) is 4.74 Å². The maximum Gasteiger partial charge on any atom is 0.243 e. The Morgan fingerprint density at radius 1 is 0.972 bits per heavy atom. The summed E-state index contributed by atoms with van der Waals surface area (Å²) >= 11 is 0. The molecule has 1 saturated heterocycles. The molecule has 0 unspecified atom stereocenters. The zero-order valence-electron chi connectivity index (χ0n) is 20.7. The highest BCUT2D eigenvalue weighted by molar-refractivity contribution is 7.89. The predicted molar refractivity (Wildman–Crippen MR) is 143 cm³/mol. The van der Waals surface area contributed by atoms with Crippen LogP contribution < -0.4 is 10.1 Å². The number of benzene rings is 3. The smallest absolute Gasteiger partial charge is 0.243 e. The van der Waals surface area contributed by atoms with Gasteiger partial charge in [-0.1, -0.05) is 18.2 Å². The highest BCUT2D eigenvalue weighted by atomic mass is 32.2. The lowest BCUT2D eigenvalue weighted by Gasteiger charge is -2.17. The molecule has 8 heteroatoms. The van der Waals surface area contributed by atoms with Crippen LogP contribution >= 0.6 is 0 Å². The normalized spacial score (nSPS) is 14.5. The van der Waals surface area contributed by atoms with Gasteiger partial charge in [-0.25, -0.2) is 8.42 Å². The van der Waals surface area contributed by atoms with E-state index in [1.807, 2.05) is 30.3 Å². The van der Waals surface area contributed by atoms with Gasteiger partial charge < -0.3 is 14.6 Å². The predicted octanol–water partition coefficient (Wildman–Crippen LogP) is 5.18. The Balaban J connectivity index is 1.33. The third-order valence-corrected chi connectivity index (χ3v) is 8.84. The van der Waals surface area contributed by atoms with Gasteiger partial charge in [0, 0.05) is 53.5 Å². The Labute approximate surface area is 211 Å². The first kappa shape index (κ1) is 24.3. The van der Waals surface area contributed by atoms with Crippen molar-refractivity contribution in [1.29, 1.82) is 0 Å². The molecule has 0 aliphatic carbocycles. The van der Waals surface area contributed by atoms with Crippen LogP contribution in [0.15, 0.2) is 65.6 Å². The monoisotopic (exact) mass is 505 g/mol. The molecule has 4 aromatic rings. The van der Waals surface area contributed by atoms with E-state index in [9.17, 15) is 13.2 Å². The number of aryl methyl sites for hydroxylation is 2. The van der Waals surface area contributed by atoms with Crippen molar-refractivity contribution in [2.75, 3.05) is 25.5 Å². The topological polar surface area (TPSA) is 80.6 Å². The molecule has 0 atom stereocenters. The fourth-order valence-corrected chi connectivity index (χ4v) is 6.70. The fourth-order valence-electron chi connectivity index (χ4n) is 5.13. The first-order valence-electron chi connectivity index (χ1n) is 12.4. The maximum absolute atomic E-state index is 13.0. The first-order chi connectivity index (χ1) is 17.4. The molecule has 188 valence electrons. The molecule has 3 aromatic carbocycles. The second-order valence-corrected chi connectivity index (χ2v) is 11.1. The molecule has 7 nitrogen and oxygen atoms in total. The van der Waals surface area contributed by atoms with Gasteiger partial charge >= 0.3 is 0 Å². The zero-order chi connectivity index (χ0) is 25.3. The second kappa shape index (κ2) is 9.95. The van der Waals surface area contributed by atoms with Crippen molar-refractivity contribution < 1.29 is 17.9 Å². The summed E-state index contributed by atoms with van der Waals surface area (Å²) in [6.45, 7) is 4.09. The van der Waals surface area contributed by atoms with Crippen molar-refractivity contribution in [3.63, 3.8) is 0 Å². The summed E-state index contributed by atoms with van der Waals surface area (Å²) in [5.41, 5.74) is 3.75. The number of nitrogens with one attached hydrogen (secondary N) is 1. The summed E-state index contributed by atoms with van der Waals surface area (Å²) < 4.78 is 35.2. The van der Waals surface area contributed by atoms with Crippen molar-refractivity contribution in [1.82, 2.24) is 8.87 Å². The molecule has 0 bridgehead atoms. The van der Waals surface area contributed by atoms with Crippen LogP contribution in [0.25, 0.3) is 21.8 Å². The molecule has 1 N–H and O–H groups in total. The number of sulfonamides is 1.